The van der Waals surface area contributed by atoms with Crippen molar-refractivity contribution in [1.29, 1.82) is 0 Å². The zero-order chi connectivity index (χ0) is 13.2. The Balaban J connectivity index is 1.87. The first kappa shape index (κ1) is 13.4. The Labute approximate surface area is 111 Å². The zero-order valence-corrected chi connectivity index (χ0v) is 11.9. The summed E-state index contributed by atoms with van der Waals surface area (Å²) in [4.78, 5) is 0. The van der Waals surface area contributed by atoms with E-state index in [-0.39, 0.29) is 5.41 Å². The average Bonchev–Trinajstić information content (AvgIpc) is 2.72. The zero-order valence-electron chi connectivity index (χ0n) is 11.9. The van der Waals surface area contributed by atoms with Gasteiger partial charge < -0.3 is 11.1 Å². The van der Waals surface area contributed by atoms with Gasteiger partial charge in [0.1, 0.15) is 0 Å². The molecule has 1 aromatic rings. The number of benzene rings is 1. The Bertz CT molecular complexity index is 375. The second kappa shape index (κ2) is 5.31. The molecule has 18 heavy (non-hydrogen) atoms. The minimum absolute atomic E-state index is 0.233. The lowest BCUT2D eigenvalue weighted by Crippen LogP contribution is -2.17. The van der Waals surface area contributed by atoms with E-state index < -0.39 is 0 Å². The van der Waals surface area contributed by atoms with Crippen molar-refractivity contribution in [2.45, 2.75) is 51.5 Å². The van der Waals surface area contributed by atoms with Crippen molar-refractivity contribution in [1.82, 2.24) is 0 Å². The van der Waals surface area contributed by atoms with Crippen molar-refractivity contribution >= 4 is 5.69 Å². The van der Waals surface area contributed by atoms with E-state index in [1.807, 2.05) is 0 Å². The first-order chi connectivity index (χ1) is 8.45. The molecule has 0 spiro atoms. The second-order valence-corrected chi connectivity index (χ2v) is 6.65. The van der Waals surface area contributed by atoms with E-state index in [2.05, 4.69) is 50.4 Å². The molecule has 2 atom stereocenters. The molecular formula is C16H26N2. The first-order valence-electron chi connectivity index (χ1n) is 7.05. The van der Waals surface area contributed by atoms with Crippen LogP contribution in [0, 0.1) is 5.92 Å². The Morgan fingerprint density at radius 3 is 2.33 bits per heavy atom. The highest BCUT2D eigenvalue weighted by atomic mass is 14.9. The van der Waals surface area contributed by atoms with E-state index >= 15 is 0 Å². The lowest BCUT2D eigenvalue weighted by Gasteiger charge is -2.19. The standard InChI is InChI=1S/C16H26N2/c1-16(2,3)13-5-8-15(9-6-13)18-11-12-4-7-14(17)10-12/h5-6,8-9,12,14,18H,4,7,10-11,17H2,1-3H3. The topological polar surface area (TPSA) is 38.0 Å². The van der Waals surface area contributed by atoms with Crippen molar-refractivity contribution in [3.63, 3.8) is 0 Å². The molecule has 0 bridgehead atoms. The van der Waals surface area contributed by atoms with Crippen molar-refractivity contribution in [2.75, 3.05) is 11.9 Å². The fraction of sp³-hybridized carbons (Fsp3) is 0.625. The molecule has 1 aliphatic carbocycles. The van der Waals surface area contributed by atoms with Gasteiger partial charge >= 0.3 is 0 Å². The van der Waals surface area contributed by atoms with Gasteiger partial charge in [-0.1, -0.05) is 32.9 Å². The van der Waals surface area contributed by atoms with Crippen LogP contribution in [0.4, 0.5) is 5.69 Å². The number of nitrogens with one attached hydrogen (secondary N) is 1. The van der Waals surface area contributed by atoms with E-state index in [1.165, 1.54) is 30.5 Å². The molecule has 0 aromatic heterocycles. The minimum atomic E-state index is 0.233. The van der Waals surface area contributed by atoms with Crippen LogP contribution in [0.5, 0.6) is 0 Å². The smallest absolute Gasteiger partial charge is 0.0340 e. The molecule has 0 radical (unpaired) electrons. The van der Waals surface area contributed by atoms with Crippen LogP contribution in [-0.2, 0) is 5.41 Å². The lowest BCUT2D eigenvalue weighted by atomic mass is 9.87. The van der Waals surface area contributed by atoms with Gasteiger partial charge in [-0.2, -0.15) is 0 Å². The van der Waals surface area contributed by atoms with Gasteiger partial charge in [0, 0.05) is 18.3 Å². The molecular weight excluding hydrogens is 220 g/mol. The van der Waals surface area contributed by atoms with Crippen molar-refractivity contribution in [3.8, 4) is 0 Å². The monoisotopic (exact) mass is 246 g/mol. The van der Waals surface area contributed by atoms with Crippen LogP contribution in [0.3, 0.4) is 0 Å². The van der Waals surface area contributed by atoms with E-state index in [0.717, 1.165) is 12.5 Å². The van der Waals surface area contributed by atoms with Crippen molar-refractivity contribution < 1.29 is 0 Å². The molecule has 3 N–H and O–H groups in total. The highest BCUT2D eigenvalue weighted by molar-refractivity contribution is 5.45. The number of rotatable bonds is 3. The fourth-order valence-electron chi connectivity index (χ4n) is 2.65. The molecule has 2 heteroatoms. The maximum atomic E-state index is 5.93. The van der Waals surface area contributed by atoms with Gasteiger partial charge in [-0.3, -0.25) is 0 Å². The van der Waals surface area contributed by atoms with Crippen LogP contribution in [0.2, 0.25) is 0 Å². The van der Waals surface area contributed by atoms with Crippen LogP contribution in [-0.4, -0.2) is 12.6 Å². The van der Waals surface area contributed by atoms with Crippen LogP contribution >= 0.6 is 0 Å². The number of hydrogen-bond donors (Lipinski definition) is 2. The summed E-state index contributed by atoms with van der Waals surface area (Å²) in [6.07, 6.45) is 3.64. The fourth-order valence-corrected chi connectivity index (χ4v) is 2.65. The Hall–Kier alpha value is -1.02. The summed E-state index contributed by atoms with van der Waals surface area (Å²) in [7, 11) is 0. The molecule has 1 aromatic carbocycles. The molecule has 1 fully saturated rings. The third kappa shape index (κ3) is 3.49. The molecule has 1 aliphatic rings. The third-order valence-corrected chi connectivity index (χ3v) is 3.93. The maximum absolute atomic E-state index is 5.93. The highest BCUT2D eigenvalue weighted by Crippen LogP contribution is 2.26. The third-order valence-electron chi connectivity index (χ3n) is 3.93. The van der Waals surface area contributed by atoms with Crippen LogP contribution in [0.15, 0.2) is 24.3 Å². The molecule has 100 valence electrons. The second-order valence-electron chi connectivity index (χ2n) is 6.65. The summed E-state index contributed by atoms with van der Waals surface area (Å²) in [6, 6.07) is 9.26. The van der Waals surface area contributed by atoms with Crippen LogP contribution in [0.1, 0.15) is 45.6 Å². The number of nitrogens with two attached hydrogens (primary N) is 1. The minimum Gasteiger partial charge on any atom is -0.385 e. The van der Waals surface area contributed by atoms with Gasteiger partial charge in [0.05, 0.1) is 0 Å². The van der Waals surface area contributed by atoms with Crippen molar-refractivity contribution in [3.05, 3.63) is 29.8 Å². The molecule has 0 amide bonds. The summed E-state index contributed by atoms with van der Waals surface area (Å²) in [5.74, 6) is 0.752. The Kier molecular flexibility index (Phi) is 3.96. The van der Waals surface area contributed by atoms with Gasteiger partial charge in [-0.15, -0.1) is 0 Å². The maximum Gasteiger partial charge on any atom is 0.0340 e. The summed E-state index contributed by atoms with van der Waals surface area (Å²) in [5.41, 5.74) is 8.78. The molecule has 2 unspecified atom stereocenters. The van der Waals surface area contributed by atoms with E-state index in [9.17, 15) is 0 Å². The highest BCUT2D eigenvalue weighted by Gasteiger charge is 2.21. The predicted molar refractivity (Wildman–Crippen MR) is 78.9 cm³/mol. The van der Waals surface area contributed by atoms with E-state index in [4.69, 9.17) is 5.73 Å². The molecule has 0 saturated heterocycles. The van der Waals surface area contributed by atoms with Gasteiger partial charge in [0.15, 0.2) is 0 Å². The van der Waals surface area contributed by atoms with Gasteiger partial charge in [-0.25, -0.2) is 0 Å². The predicted octanol–water partition coefficient (Wildman–Crippen LogP) is 3.52. The van der Waals surface area contributed by atoms with E-state index in [0.29, 0.717) is 6.04 Å². The van der Waals surface area contributed by atoms with Crippen LogP contribution < -0.4 is 11.1 Å². The Morgan fingerprint density at radius 1 is 1.17 bits per heavy atom. The first-order valence-corrected chi connectivity index (χ1v) is 7.05. The lowest BCUT2D eigenvalue weighted by molar-refractivity contribution is 0.565. The van der Waals surface area contributed by atoms with E-state index in [1.54, 1.807) is 0 Å². The summed E-state index contributed by atoms with van der Waals surface area (Å²) < 4.78 is 0. The molecule has 2 nitrogen and oxygen atoms in total. The number of hydrogen-bond acceptors (Lipinski definition) is 2. The molecule has 1 saturated carbocycles. The summed E-state index contributed by atoms with van der Waals surface area (Å²) in [5, 5.41) is 3.53. The summed E-state index contributed by atoms with van der Waals surface area (Å²) >= 11 is 0. The van der Waals surface area contributed by atoms with Gasteiger partial charge in [0.25, 0.3) is 0 Å². The molecule has 0 heterocycles. The van der Waals surface area contributed by atoms with Crippen molar-refractivity contribution in [2.24, 2.45) is 11.7 Å². The van der Waals surface area contributed by atoms with Gasteiger partial charge in [0.2, 0.25) is 0 Å². The largest absolute Gasteiger partial charge is 0.385 e. The quantitative estimate of drug-likeness (QED) is 0.856. The van der Waals surface area contributed by atoms with Gasteiger partial charge in [-0.05, 0) is 48.3 Å². The molecule has 0 aliphatic heterocycles. The normalized spacial score (nSPS) is 24.2. The average molecular weight is 246 g/mol. The number of anilines is 1. The van der Waals surface area contributed by atoms with Crippen LogP contribution in [0.25, 0.3) is 0 Å². The Morgan fingerprint density at radius 2 is 1.83 bits per heavy atom. The molecule has 2 rings (SSSR count). The SMILES string of the molecule is CC(C)(C)c1ccc(NCC2CCC(N)C2)cc1. The summed E-state index contributed by atoms with van der Waals surface area (Å²) in [6.45, 7) is 7.79.